The van der Waals surface area contributed by atoms with Crippen LogP contribution in [-0.2, 0) is 13.0 Å². The number of furan rings is 1. The largest absolute Gasteiger partial charge is 0.467 e. The number of aromatic nitrogens is 2. The van der Waals surface area contributed by atoms with E-state index in [-0.39, 0.29) is 0 Å². The summed E-state index contributed by atoms with van der Waals surface area (Å²) >= 11 is 12.1. The summed E-state index contributed by atoms with van der Waals surface area (Å²) in [5.41, 5.74) is 3.08. The molecule has 0 aliphatic rings. The molecule has 0 unspecified atom stereocenters. The third-order valence-electron chi connectivity index (χ3n) is 3.96. The van der Waals surface area contributed by atoms with Crippen molar-refractivity contribution in [2.45, 2.75) is 13.0 Å². The van der Waals surface area contributed by atoms with Gasteiger partial charge >= 0.3 is 0 Å². The molecule has 0 spiro atoms. The number of hydrogen-bond acceptors (Lipinski definition) is 2. The SMILES string of the molecule is Clc1ccc(Cc2nc3cc(Cl)ccc3n2Cc2ccco2)cc1. The quantitative estimate of drug-likeness (QED) is 0.478. The summed E-state index contributed by atoms with van der Waals surface area (Å²) in [6, 6.07) is 17.5. The fraction of sp³-hybridized carbons (Fsp3) is 0.105. The van der Waals surface area contributed by atoms with E-state index in [4.69, 9.17) is 32.6 Å². The average Bonchev–Trinajstić information content (AvgIpc) is 3.18. The smallest absolute Gasteiger partial charge is 0.123 e. The number of imidazole rings is 1. The van der Waals surface area contributed by atoms with Crippen molar-refractivity contribution in [3.8, 4) is 0 Å². The highest BCUT2D eigenvalue weighted by Crippen LogP contribution is 2.24. The van der Waals surface area contributed by atoms with Gasteiger partial charge in [0.05, 0.1) is 23.8 Å². The van der Waals surface area contributed by atoms with Crippen molar-refractivity contribution in [2.75, 3.05) is 0 Å². The molecule has 0 saturated carbocycles. The topological polar surface area (TPSA) is 31.0 Å². The van der Waals surface area contributed by atoms with Gasteiger partial charge in [0, 0.05) is 16.5 Å². The molecule has 0 bridgehead atoms. The first-order chi connectivity index (χ1) is 11.7. The molecular formula is C19H14Cl2N2O. The van der Waals surface area contributed by atoms with Gasteiger partial charge in [0.25, 0.3) is 0 Å². The predicted octanol–water partition coefficient (Wildman–Crippen LogP) is 5.58. The third kappa shape index (κ3) is 3.05. The molecule has 24 heavy (non-hydrogen) atoms. The van der Waals surface area contributed by atoms with E-state index in [0.717, 1.165) is 33.2 Å². The summed E-state index contributed by atoms with van der Waals surface area (Å²) in [7, 11) is 0. The first-order valence-corrected chi connectivity index (χ1v) is 8.36. The Morgan fingerprint density at radius 2 is 1.75 bits per heavy atom. The fourth-order valence-corrected chi connectivity index (χ4v) is 3.10. The van der Waals surface area contributed by atoms with Crippen molar-refractivity contribution < 1.29 is 4.42 Å². The lowest BCUT2D eigenvalue weighted by Crippen LogP contribution is -2.05. The summed E-state index contributed by atoms with van der Waals surface area (Å²) < 4.78 is 7.67. The van der Waals surface area contributed by atoms with Gasteiger partial charge in [-0.05, 0) is 48.0 Å². The van der Waals surface area contributed by atoms with Crippen LogP contribution in [0.4, 0.5) is 0 Å². The maximum absolute atomic E-state index is 6.12. The number of hydrogen-bond donors (Lipinski definition) is 0. The highest BCUT2D eigenvalue weighted by Gasteiger charge is 2.13. The van der Waals surface area contributed by atoms with Gasteiger partial charge in [-0.3, -0.25) is 0 Å². The monoisotopic (exact) mass is 356 g/mol. The maximum atomic E-state index is 6.12. The lowest BCUT2D eigenvalue weighted by Gasteiger charge is -2.08. The molecule has 0 atom stereocenters. The van der Waals surface area contributed by atoms with Gasteiger partial charge in [0.2, 0.25) is 0 Å². The minimum Gasteiger partial charge on any atom is -0.467 e. The Labute approximate surface area is 149 Å². The molecule has 0 radical (unpaired) electrons. The van der Waals surface area contributed by atoms with Crippen molar-refractivity contribution in [2.24, 2.45) is 0 Å². The Hall–Kier alpha value is -2.23. The Morgan fingerprint density at radius 3 is 2.50 bits per heavy atom. The Kier molecular flexibility index (Phi) is 4.05. The minimum absolute atomic E-state index is 0.633. The van der Waals surface area contributed by atoms with Crippen LogP contribution in [0, 0.1) is 0 Å². The van der Waals surface area contributed by atoms with Crippen LogP contribution in [0.5, 0.6) is 0 Å². The molecule has 0 fully saturated rings. The maximum Gasteiger partial charge on any atom is 0.123 e. The second kappa shape index (κ2) is 6.34. The van der Waals surface area contributed by atoms with E-state index < -0.39 is 0 Å². The molecule has 5 heteroatoms. The van der Waals surface area contributed by atoms with Crippen LogP contribution in [0.2, 0.25) is 10.0 Å². The number of benzene rings is 2. The first-order valence-electron chi connectivity index (χ1n) is 7.60. The standard InChI is InChI=1S/C19H14Cl2N2O/c20-14-5-3-13(4-6-14)10-19-22-17-11-15(21)7-8-18(17)23(19)12-16-2-1-9-24-16/h1-9,11H,10,12H2. The van der Waals surface area contributed by atoms with E-state index in [1.165, 1.54) is 0 Å². The van der Waals surface area contributed by atoms with Gasteiger partial charge in [-0.25, -0.2) is 4.98 Å². The zero-order valence-electron chi connectivity index (χ0n) is 12.7. The van der Waals surface area contributed by atoms with Gasteiger partial charge < -0.3 is 8.98 Å². The van der Waals surface area contributed by atoms with Gasteiger partial charge in [-0.1, -0.05) is 35.3 Å². The van der Waals surface area contributed by atoms with E-state index in [1.54, 1.807) is 6.26 Å². The van der Waals surface area contributed by atoms with E-state index in [1.807, 2.05) is 54.6 Å². The van der Waals surface area contributed by atoms with Gasteiger partial charge in [-0.2, -0.15) is 0 Å². The van der Waals surface area contributed by atoms with Crippen molar-refractivity contribution in [3.63, 3.8) is 0 Å². The zero-order chi connectivity index (χ0) is 16.5. The van der Waals surface area contributed by atoms with Crippen LogP contribution in [0.1, 0.15) is 17.1 Å². The number of nitrogens with zero attached hydrogens (tertiary/aromatic N) is 2. The fourth-order valence-electron chi connectivity index (χ4n) is 2.81. The van der Waals surface area contributed by atoms with E-state index >= 15 is 0 Å². The normalized spacial score (nSPS) is 11.2. The lowest BCUT2D eigenvalue weighted by molar-refractivity contribution is 0.492. The summed E-state index contributed by atoms with van der Waals surface area (Å²) in [6.45, 7) is 0.633. The van der Waals surface area contributed by atoms with Gasteiger partial charge in [0.1, 0.15) is 11.6 Å². The van der Waals surface area contributed by atoms with E-state index in [2.05, 4.69) is 4.57 Å². The highest BCUT2D eigenvalue weighted by atomic mass is 35.5. The second-order valence-electron chi connectivity index (χ2n) is 5.63. The molecule has 0 saturated heterocycles. The molecule has 2 aromatic heterocycles. The molecular weight excluding hydrogens is 343 g/mol. The van der Waals surface area contributed by atoms with Crippen LogP contribution in [-0.4, -0.2) is 9.55 Å². The van der Waals surface area contributed by atoms with Crippen molar-refractivity contribution in [1.82, 2.24) is 9.55 Å². The molecule has 2 aromatic carbocycles. The van der Waals surface area contributed by atoms with Gasteiger partial charge in [0.15, 0.2) is 0 Å². The van der Waals surface area contributed by atoms with Crippen LogP contribution in [0.25, 0.3) is 11.0 Å². The van der Waals surface area contributed by atoms with Crippen molar-refractivity contribution >= 4 is 34.2 Å². The summed E-state index contributed by atoms with van der Waals surface area (Å²) in [6.07, 6.45) is 2.40. The minimum atomic E-state index is 0.633. The molecule has 0 N–H and O–H groups in total. The van der Waals surface area contributed by atoms with Crippen LogP contribution in [0.3, 0.4) is 0 Å². The van der Waals surface area contributed by atoms with E-state index in [0.29, 0.717) is 18.0 Å². The number of rotatable bonds is 4. The average molecular weight is 357 g/mol. The van der Waals surface area contributed by atoms with Crippen LogP contribution in [0.15, 0.2) is 65.3 Å². The summed E-state index contributed by atoms with van der Waals surface area (Å²) in [5, 5.41) is 1.41. The van der Waals surface area contributed by atoms with Crippen LogP contribution >= 0.6 is 23.2 Å². The van der Waals surface area contributed by atoms with Crippen LogP contribution < -0.4 is 0 Å². The Morgan fingerprint density at radius 1 is 0.958 bits per heavy atom. The Balaban J connectivity index is 1.78. The van der Waals surface area contributed by atoms with Crippen molar-refractivity contribution in [3.05, 3.63) is 88.1 Å². The molecule has 2 heterocycles. The van der Waals surface area contributed by atoms with Gasteiger partial charge in [-0.15, -0.1) is 0 Å². The molecule has 4 rings (SSSR count). The highest BCUT2D eigenvalue weighted by molar-refractivity contribution is 6.31. The van der Waals surface area contributed by atoms with E-state index in [9.17, 15) is 0 Å². The number of fused-ring (bicyclic) bond motifs is 1. The summed E-state index contributed by atoms with van der Waals surface area (Å²) in [5.74, 6) is 1.85. The second-order valence-corrected chi connectivity index (χ2v) is 6.50. The number of halogens is 2. The molecule has 120 valence electrons. The Bertz CT molecular complexity index is 973. The molecule has 3 nitrogen and oxygen atoms in total. The first kappa shape index (κ1) is 15.3. The summed E-state index contributed by atoms with van der Waals surface area (Å²) in [4.78, 5) is 4.78. The lowest BCUT2D eigenvalue weighted by atomic mass is 10.1. The third-order valence-corrected chi connectivity index (χ3v) is 4.45. The molecule has 4 aromatic rings. The van der Waals surface area contributed by atoms with Crippen molar-refractivity contribution in [1.29, 1.82) is 0 Å². The molecule has 0 aliphatic heterocycles. The predicted molar refractivity (Wildman–Crippen MR) is 96.8 cm³/mol. The zero-order valence-corrected chi connectivity index (χ0v) is 14.3. The molecule has 0 amide bonds. The molecule has 0 aliphatic carbocycles.